The fourth-order valence-electron chi connectivity index (χ4n) is 4.28. The Balaban J connectivity index is 1.79. The number of carbonyl (C=O) groups is 1. The molecule has 2 aromatic rings. The van der Waals surface area contributed by atoms with E-state index in [1.165, 1.54) is 7.11 Å². The zero-order chi connectivity index (χ0) is 23.3. The predicted octanol–water partition coefficient (Wildman–Crippen LogP) is 7.10. The number of hydrogen-bond acceptors (Lipinski definition) is 4. The van der Waals surface area contributed by atoms with Gasteiger partial charge in [-0.2, -0.15) is 13.2 Å². The Morgan fingerprint density at radius 1 is 1.12 bits per heavy atom. The van der Waals surface area contributed by atoms with Crippen LogP contribution in [0.4, 0.5) is 17.6 Å². The summed E-state index contributed by atoms with van der Waals surface area (Å²) in [5, 5.41) is -0.963. The van der Waals surface area contributed by atoms with Gasteiger partial charge in [0.25, 0.3) is 0 Å². The number of methoxy groups -OCH3 is 1. The number of ether oxygens (including phenoxy) is 1. The second-order valence-electron chi connectivity index (χ2n) is 7.70. The van der Waals surface area contributed by atoms with Crippen LogP contribution in [-0.4, -0.2) is 25.0 Å². The molecule has 1 heterocycles. The average molecular weight is 506 g/mol. The van der Waals surface area contributed by atoms with Crippen LogP contribution in [0.25, 0.3) is 0 Å². The van der Waals surface area contributed by atoms with E-state index in [2.05, 4.69) is 4.40 Å². The first-order chi connectivity index (χ1) is 15.1. The average Bonchev–Trinajstić information content (AvgIpc) is 3.22. The van der Waals surface area contributed by atoms with Crippen LogP contribution in [0.3, 0.4) is 0 Å². The third-order valence-corrected chi connectivity index (χ3v) is 7.67. The molecule has 0 amide bonds. The molecule has 2 aliphatic rings. The quantitative estimate of drug-likeness (QED) is 0.193. The molecule has 0 aromatic heterocycles. The topological polar surface area (TPSA) is 38.7 Å². The summed E-state index contributed by atoms with van der Waals surface area (Å²) in [6, 6.07) is 5.12. The molecule has 32 heavy (non-hydrogen) atoms. The van der Waals surface area contributed by atoms with Gasteiger partial charge >= 0.3 is 12.1 Å². The molecular weight excluding hydrogens is 489 g/mol. The van der Waals surface area contributed by atoms with Crippen LogP contribution < -0.4 is 0 Å². The molecule has 1 atom stereocenters. The third-order valence-electron chi connectivity index (χ3n) is 5.89. The number of hydrogen-bond donors (Lipinski definition) is 0. The zero-order valence-corrected chi connectivity index (χ0v) is 19.1. The van der Waals surface area contributed by atoms with Gasteiger partial charge in [0.1, 0.15) is 0 Å². The summed E-state index contributed by atoms with van der Waals surface area (Å²) < 4.78 is 63.6. The lowest BCUT2D eigenvalue weighted by molar-refractivity contribution is -0.159. The Morgan fingerprint density at radius 3 is 2.34 bits per heavy atom. The van der Waals surface area contributed by atoms with Crippen molar-refractivity contribution in [3.05, 3.63) is 67.9 Å². The smallest absolute Gasteiger partial charge is 0.409 e. The van der Waals surface area contributed by atoms with Gasteiger partial charge in [-0.05, 0) is 72.5 Å². The molecule has 3 nitrogen and oxygen atoms in total. The number of rotatable bonds is 3. The third kappa shape index (κ3) is 3.80. The van der Waals surface area contributed by atoms with E-state index < -0.39 is 39.2 Å². The minimum absolute atomic E-state index is 0.259. The second-order valence-corrected chi connectivity index (χ2v) is 9.58. The molecule has 2 aromatic carbocycles. The van der Waals surface area contributed by atoms with E-state index in [9.17, 15) is 22.4 Å². The van der Waals surface area contributed by atoms with Gasteiger partial charge in [-0.15, -0.1) is 0 Å². The predicted molar refractivity (Wildman–Crippen MR) is 117 cm³/mol. The Kier molecular flexibility index (Phi) is 6.24. The van der Waals surface area contributed by atoms with E-state index in [-0.39, 0.29) is 11.3 Å². The van der Waals surface area contributed by atoms with Gasteiger partial charge in [0.05, 0.1) is 28.4 Å². The van der Waals surface area contributed by atoms with E-state index in [0.29, 0.717) is 35.9 Å². The zero-order valence-electron chi connectivity index (χ0n) is 16.8. The van der Waals surface area contributed by atoms with Gasteiger partial charge in [-0.1, -0.05) is 29.3 Å². The molecule has 0 spiro atoms. The molecule has 0 saturated carbocycles. The molecular formula is C22H17Cl2F4NO2S. The summed E-state index contributed by atoms with van der Waals surface area (Å²) in [4.78, 5) is 12.2. The van der Waals surface area contributed by atoms with E-state index in [1.54, 1.807) is 12.1 Å². The lowest BCUT2D eigenvalue weighted by atomic mass is 9.81. The molecule has 1 unspecified atom stereocenters. The minimum atomic E-state index is -4.71. The number of carbonyl (C=O) groups excluding carboxylic acids is 1. The van der Waals surface area contributed by atoms with Crippen molar-refractivity contribution in [2.45, 2.75) is 43.0 Å². The first-order valence-corrected chi connectivity index (χ1v) is 11.3. The highest BCUT2D eigenvalue weighted by Crippen LogP contribution is 2.57. The largest absolute Gasteiger partial charge is 0.465 e. The van der Waals surface area contributed by atoms with Gasteiger partial charge in [-0.3, -0.25) is 0 Å². The SMILES string of the molecule is COC(=O)c1ccc(C2=NSC(c3cc(Cl)c(F)c(Cl)c3)(C(F)(F)F)C2)c2c1CCCC2. The summed E-state index contributed by atoms with van der Waals surface area (Å²) in [5.41, 5.74) is 2.64. The summed E-state index contributed by atoms with van der Waals surface area (Å²) in [7, 11) is 1.29. The lowest BCUT2D eigenvalue weighted by Crippen LogP contribution is -2.39. The summed E-state index contributed by atoms with van der Waals surface area (Å²) in [6.45, 7) is 0. The van der Waals surface area contributed by atoms with E-state index in [4.69, 9.17) is 27.9 Å². The van der Waals surface area contributed by atoms with Crippen molar-refractivity contribution >= 4 is 46.8 Å². The van der Waals surface area contributed by atoms with Crippen LogP contribution >= 0.6 is 35.1 Å². The fraction of sp³-hybridized carbons (Fsp3) is 0.364. The molecule has 170 valence electrons. The van der Waals surface area contributed by atoms with Gasteiger partial charge in [-0.25, -0.2) is 13.6 Å². The summed E-state index contributed by atoms with van der Waals surface area (Å²) in [5.74, 6) is -1.44. The number of esters is 1. The van der Waals surface area contributed by atoms with Crippen molar-refractivity contribution in [3.63, 3.8) is 0 Å². The number of alkyl halides is 3. The highest BCUT2D eigenvalue weighted by atomic mass is 35.5. The van der Waals surface area contributed by atoms with Crippen molar-refractivity contribution in [3.8, 4) is 0 Å². The molecule has 10 heteroatoms. The normalized spacial score (nSPS) is 20.7. The van der Waals surface area contributed by atoms with Crippen molar-refractivity contribution in [2.75, 3.05) is 7.11 Å². The monoisotopic (exact) mass is 505 g/mol. The van der Waals surface area contributed by atoms with Crippen molar-refractivity contribution in [1.29, 1.82) is 0 Å². The maximum Gasteiger partial charge on any atom is 0.409 e. The highest BCUT2D eigenvalue weighted by molar-refractivity contribution is 7.99. The Hall–Kier alpha value is -1.77. The van der Waals surface area contributed by atoms with E-state index >= 15 is 0 Å². The molecule has 0 saturated heterocycles. The molecule has 0 N–H and O–H groups in total. The van der Waals surface area contributed by atoms with Crippen molar-refractivity contribution in [2.24, 2.45) is 4.40 Å². The van der Waals surface area contributed by atoms with Gasteiger partial charge in [0.2, 0.25) is 0 Å². The Labute approximate surface area is 196 Å². The Bertz CT molecular complexity index is 1110. The van der Waals surface area contributed by atoms with Crippen LogP contribution in [0.1, 0.15) is 51.9 Å². The van der Waals surface area contributed by atoms with E-state index in [0.717, 1.165) is 36.1 Å². The van der Waals surface area contributed by atoms with Crippen LogP contribution in [0.2, 0.25) is 10.0 Å². The number of nitrogens with zero attached hydrogens (tertiary/aromatic N) is 1. The maximum atomic E-state index is 14.4. The maximum absolute atomic E-state index is 14.4. The molecule has 0 radical (unpaired) electrons. The lowest BCUT2D eigenvalue weighted by Gasteiger charge is -2.30. The van der Waals surface area contributed by atoms with E-state index in [1.807, 2.05) is 0 Å². The standard InChI is InChI=1S/C22H17Cl2F4NO2S/c1-31-20(30)15-7-6-14(12-4-2-3-5-13(12)15)18-10-21(32-29-18,22(26,27)28)11-8-16(23)19(25)17(24)9-11/h6-9H,2-5,10H2,1H3. The minimum Gasteiger partial charge on any atom is -0.465 e. The first-order valence-electron chi connectivity index (χ1n) is 9.79. The van der Waals surface area contributed by atoms with Crippen LogP contribution in [0.5, 0.6) is 0 Å². The molecule has 1 aliphatic heterocycles. The molecule has 1 aliphatic carbocycles. The summed E-state index contributed by atoms with van der Waals surface area (Å²) in [6.07, 6.45) is -2.17. The number of fused-ring (bicyclic) bond motifs is 1. The second kappa shape index (κ2) is 8.54. The van der Waals surface area contributed by atoms with Gasteiger partial charge in [0.15, 0.2) is 10.6 Å². The van der Waals surface area contributed by atoms with Gasteiger partial charge < -0.3 is 4.74 Å². The van der Waals surface area contributed by atoms with Crippen molar-refractivity contribution < 1.29 is 27.1 Å². The number of halogens is 6. The highest BCUT2D eigenvalue weighted by Gasteiger charge is 2.60. The number of benzene rings is 2. The van der Waals surface area contributed by atoms with Crippen LogP contribution in [0.15, 0.2) is 28.7 Å². The molecule has 0 fully saturated rings. The van der Waals surface area contributed by atoms with Crippen molar-refractivity contribution in [1.82, 2.24) is 0 Å². The molecule has 4 rings (SSSR count). The Morgan fingerprint density at radius 2 is 1.75 bits per heavy atom. The molecule has 0 bridgehead atoms. The van der Waals surface area contributed by atoms with Crippen LogP contribution in [-0.2, 0) is 22.3 Å². The summed E-state index contributed by atoms with van der Waals surface area (Å²) >= 11 is 12.0. The fourth-order valence-corrected chi connectivity index (χ4v) is 5.72. The first kappa shape index (κ1) is 23.4. The van der Waals surface area contributed by atoms with Gasteiger partial charge in [0, 0.05) is 12.0 Å². The van der Waals surface area contributed by atoms with Crippen LogP contribution in [0, 0.1) is 5.82 Å².